The number of rotatable bonds is 6. The highest BCUT2D eigenvalue weighted by Crippen LogP contribution is 2.38. The summed E-state index contributed by atoms with van der Waals surface area (Å²) in [6.07, 6.45) is -0.00558. The molecule has 3 aromatic rings. The van der Waals surface area contributed by atoms with Gasteiger partial charge in [-0.25, -0.2) is 0 Å². The normalized spacial score (nSPS) is 10.9. The third-order valence-corrected chi connectivity index (χ3v) is 4.46. The van der Waals surface area contributed by atoms with E-state index in [1.165, 1.54) is 0 Å². The average molecular weight is 391 g/mol. The Morgan fingerprint density at radius 2 is 1.77 bits per heavy atom. The number of fused-ring (bicyclic) bond motifs is 1. The van der Waals surface area contributed by atoms with Gasteiger partial charge in [-0.05, 0) is 30.7 Å². The van der Waals surface area contributed by atoms with Crippen LogP contribution in [0.15, 0.2) is 46.9 Å². The molecule has 0 atom stereocenters. The topological polar surface area (TPSA) is 56.5 Å². The second-order valence-electron chi connectivity index (χ2n) is 5.66. The van der Waals surface area contributed by atoms with Crippen LogP contribution in [0.4, 0.5) is 0 Å². The number of hydrogen-bond donors (Lipinski definition) is 0. The summed E-state index contributed by atoms with van der Waals surface area (Å²) in [5, 5.41) is 1.75. The predicted molar refractivity (Wildman–Crippen MR) is 102 cm³/mol. The van der Waals surface area contributed by atoms with Gasteiger partial charge in [-0.15, -0.1) is 0 Å². The van der Waals surface area contributed by atoms with Crippen LogP contribution in [0, 0.1) is 0 Å². The van der Waals surface area contributed by atoms with Gasteiger partial charge >= 0.3 is 5.97 Å². The summed E-state index contributed by atoms with van der Waals surface area (Å²) in [5.74, 6) is -0.516. The lowest BCUT2D eigenvalue weighted by Crippen LogP contribution is -2.08. The molecule has 0 aliphatic heterocycles. The zero-order chi connectivity index (χ0) is 18.7. The number of esters is 1. The summed E-state index contributed by atoms with van der Waals surface area (Å²) in [4.78, 5) is 24.3. The molecule has 0 unspecified atom stereocenters. The van der Waals surface area contributed by atoms with Gasteiger partial charge < -0.3 is 9.15 Å². The van der Waals surface area contributed by atoms with Crippen LogP contribution in [0.2, 0.25) is 10.0 Å². The van der Waals surface area contributed by atoms with Crippen LogP contribution in [0.3, 0.4) is 0 Å². The molecule has 1 heterocycles. The SMILES string of the molecule is CCOC(=O)CCC(=O)c1oc2c(Cl)cccc2c1-c1ccc(Cl)cc1. The maximum Gasteiger partial charge on any atom is 0.306 e. The Morgan fingerprint density at radius 3 is 2.46 bits per heavy atom. The molecular formula is C20H16Cl2O4. The average Bonchev–Trinajstić information content (AvgIpc) is 3.02. The lowest BCUT2D eigenvalue weighted by atomic mass is 9.99. The first kappa shape index (κ1) is 18.5. The predicted octanol–water partition coefficient (Wildman–Crippen LogP) is 5.93. The molecule has 0 amide bonds. The lowest BCUT2D eigenvalue weighted by molar-refractivity contribution is -0.143. The summed E-state index contributed by atoms with van der Waals surface area (Å²) in [6, 6.07) is 12.5. The lowest BCUT2D eigenvalue weighted by Gasteiger charge is -2.04. The number of ketones is 1. The molecule has 0 radical (unpaired) electrons. The Kier molecular flexibility index (Phi) is 5.64. The van der Waals surface area contributed by atoms with Crippen molar-refractivity contribution in [2.75, 3.05) is 6.61 Å². The van der Waals surface area contributed by atoms with Gasteiger partial charge in [-0.3, -0.25) is 9.59 Å². The van der Waals surface area contributed by atoms with Crippen molar-refractivity contribution in [1.29, 1.82) is 0 Å². The standard InChI is InChI=1S/C20H16Cl2O4/c1-2-25-17(24)11-10-16(23)20-18(12-6-8-13(21)9-7-12)14-4-3-5-15(22)19(14)26-20/h3-9H,2,10-11H2,1H3. The molecule has 0 aliphatic rings. The van der Waals surface area contributed by atoms with Gasteiger partial charge in [0.05, 0.1) is 18.1 Å². The molecule has 0 aliphatic carbocycles. The number of furan rings is 1. The molecule has 0 N–H and O–H groups in total. The molecule has 1 aromatic heterocycles. The number of hydrogen-bond acceptors (Lipinski definition) is 4. The molecule has 0 bridgehead atoms. The Balaban J connectivity index is 2.05. The van der Waals surface area contributed by atoms with E-state index in [9.17, 15) is 9.59 Å². The number of carbonyl (C=O) groups excluding carboxylic acids is 2. The molecule has 6 heteroatoms. The number of Topliss-reactive ketones (excluding diaryl/α,β-unsaturated/α-hetero) is 1. The number of benzene rings is 2. The largest absolute Gasteiger partial charge is 0.466 e. The summed E-state index contributed by atoms with van der Waals surface area (Å²) in [6.45, 7) is 2.00. The van der Waals surface area contributed by atoms with Gasteiger partial charge in [0.25, 0.3) is 0 Å². The molecule has 0 saturated carbocycles. The van der Waals surface area contributed by atoms with E-state index in [4.69, 9.17) is 32.4 Å². The Bertz CT molecular complexity index is 958. The first-order chi connectivity index (χ1) is 12.5. The number of halogens is 2. The van der Waals surface area contributed by atoms with E-state index in [2.05, 4.69) is 0 Å². The van der Waals surface area contributed by atoms with Crippen LogP contribution < -0.4 is 0 Å². The number of ether oxygens (including phenoxy) is 1. The molecule has 4 nitrogen and oxygen atoms in total. The Hall–Kier alpha value is -2.30. The molecule has 0 spiro atoms. The highest BCUT2D eigenvalue weighted by Gasteiger charge is 2.23. The number of para-hydroxylation sites is 1. The molecule has 0 saturated heterocycles. The van der Waals surface area contributed by atoms with Crippen molar-refractivity contribution in [3.63, 3.8) is 0 Å². The van der Waals surface area contributed by atoms with Gasteiger partial charge in [0.15, 0.2) is 17.1 Å². The van der Waals surface area contributed by atoms with E-state index < -0.39 is 5.97 Å². The van der Waals surface area contributed by atoms with Crippen LogP contribution >= 0.6 is 23.2 Å². The van der Waals surface area contributed by atoms with E-state index in [1.54, 1.807) is 31.2 Å². The van der Waals surface area contributed by atoms with Gasteiger partial charge in [-0.1, -0.05) is 47.5 Å². The fraction of sp³-hybridized carbons (Fsp3) is 0.200. The highest BCUT2D eigenvalue weighted by molar-refractivity contribution is 6.35. The zero-order valence-corrected chi connectivity index (χ0v) is 15.6. The van der Waals surface area contributed by atoms with E-state index in [0.717, 1.165) is 10.9 Å². The first-order valence-corrected chi connectivity index (χ1v) is 8.92. The first-order valence-electron chi connectivity index (χ1n) is 8.17. The minimum Gasteiger partial charge on any atom is -0.466 e. The van der Waals surface area contributed by atoms with Crippen molar-refractivity contribution >= 4 is 45.9 Å². The van der Waals surface area contributed by atoms with Crippen molar-refractivity contribution in [1.82, 2.24) is 0 Å². The minimum atomic E-state index is -0.414. The minimum absolute atomic E-state index is 0.00247. The maximum atomic E-state index is 12.7. The van der Waals surface area contributed by atoms with Crippen LogP contribution in [0.5, 0.6) is 0 Å². The summed E-state index contributed by atoms with van der Waals surface area (Å²) in [7, 11) is 0. The summed E-state index contributed by atoms with van der Waals surface area (Å²) >= 11 is 12.2. The fourth-order valence-electron chi connectivity index (χ4n) is 2.75. The Morgan fingerprint density at radius 1 is 1.04 bits per heavy atom. The van der Waals surface area contributed by atoms with Crippen LogP contribution in [-0.2, 0) is 9.53 Å². The Labute approximate surface area is 160 Å². The third-order valence-electron chi connectivity index (χ3n) is 3.92. The summed E-state index contributed by atoms with van der Waals surface area (Å²) in [5.41, 5.74) is 1.88. The van der Waals surface area contributed by atoms with E-state index in [0.29, 0.717) is 21.2 Å². The van der Waals surface area contributed by atoms with E-state index >= 15 is 0 Å². The second-order valence-corrected chi connectivity index (χ2v) is 6.50. The maximum absolute atomic E-state index is 12.7. The molecule has 134 valence electrons. The highest BCUT2D eigenvalue weighted by atomic mass is 35.5. The molecule has 26 heavy (non-hydrogen) atoms. The molecule has 3 rings (SSSR count). The van der Waals surface area contributed by atoms with Crippen molar-refractivity contribution in [3.8, 4) is 11.1 Å². The zero-order valence-electron chi connectivity index (χ0n) is 14.1. The van der Waals surface area contributed by atoms with Crippen LogP contribution in [0.1, 0.15) is 30.3 Å². The van der Waals surface area contributed by atoms with Crippen molar-refractivity contribution in [3.05, 3.63) is 58.3 Å². The van der Waals surface area contributed by atoms with Crippen LogP contribution in [0.25, 0.3) is 22.1 Å². The second kappa shape index (κ2) is 7.94. The smallest absolute Gasteiger partial charge is 0.306 e. The van der Waals surface area contributed by atoms with Gasteiger partial charge in [0, 0.05) is 22.4 Å². The van der Waals surface area contributed by atoms with Gasteiger partial charge in [0.2, 0.25) is 0 Å². The van der Waals surface area contributed by atoms with Gasteiger partial charge in [-0.2, -0.15) is 0 Å². The summed E-state index contributed by atoms with van der Waals surface area (Å²) < 4.78 is 10.7. The van der Waals surface area contributed by atoms with Gasteiger partial charge in [0.1, 0.15) is 0 Å². The third kappa shape index (κ3) is 3.76. The monoisotopic (exact) mass is 390 g/mol. The van der Waals surface area contributed by atoms with Crippen LogP contribution in [-0.4, -0.2) is 18.4 Å². The quantitative estimate of drug-likeness (QED) is 0.386. The number of carbonyl (C=O) groups is 2. The molecule has 2 aromatic carbocycles. The van der Waals surface area contributed by atoms with Crippen molar-refractivity contribution in [2.24, 2.45) is 0 Å². The van der Waals surface area contributed by atoms with E-state index in [-0.39, 0.29) is 31.0 Å². The molecular weight excluding hydrogens is 375 g/mol. The van der Waals surface area contributed by atoms with Crippen molar-refractivity contribution < 1.29 is 18.7 Å². The van der Waals surface area contributed by atoms with Crippen molar-refractivity contribution in [2.45, 2.75) is 19.8 Å². The van der Waals surface area contributed by atoms with E-state index in [1.807, 2.05) is 18.2 Å². The molecule has 0 fully saturated rings. The fourth-order valence-corrected chi connectivity index (χ4v) is 3.09.